The standard InChI is InChI=1S/2C13H15BrO3.C10H11BrO.C10H12O2.C10H12O.C7H14O3.C6H5BrO.C4H6O.C4H9.Li.Na/c2*1-8(13(15)16)17-12-6-5-10(14)7-11(12)9-3-2-4-9;11-8-4-5-10(12)9(6-8)7-2-1-3-7;11-9-5-2-1-4-8(9)10(12)6-3-7-10;11-10-7-2-1-6-9(10)8-4-3-5-8;1-5(8)6(9)10-7(2,3)4;7-5-3-1-2-4-6(5)8;5-4-2-1-3-4;1-3-4-2;;/h2*5-9H,2-4H2,1H3,(H,15,16);4-7,12H,1-3H2;1-2,4-5,11-12H,3,6-7H2;1-2,6-8,11H,3-5H2;5,8H,1-4H3;1-4,8H;1-3H2;1,3-4H2,2H3;;/q;;;;;;;;-1;2*+1/p-1/t2*8-;;;;5-;;;;;/m00...1...../s1. The van der Waals surface area contributed by atoms with E-state index in [1.54, 1.807) is 76.2 Å². The third-order valence-corrected chi connectivity index (χ3v) is 18.9. The first-order valence-electron chi connectivity index (χ1n) is 33.3. The maximum absolute atomic E-state index is 10.8. The number of ketones is 1. The summed E-state index contributed by atoms with van der Waals surface area (Å²) in [6.45, 7) is 15.4. The fourth-order valence-electron chi connectivity index (χ4n) is 9.74. The quantitative estimate of drug-likeness (QED) is 0.0322. The number of unbranched alkanes of at least 4 members (excludes halogenated alkanes) is 1. The van der Waals surface area contributed by atoms with Gasteiger partial charge in [-0.3, -0.25) is 4.79 Å². The first-order chi connectivity index (χ1) is 45.5. The van der Waals surface area contributed by atoms with Gasteiger partial charge in [-0.05, 0) is 259 Å². The van der Waals surface area contributed by atoms with Crippen molar-refractivity contribution in [2.24, 2.45) is 0 Å². The number of hydrogen-bond donors (Lipinski definition) is 7. The van der Waals surface area contributed by atoms with E-state index in [2.05, 4.69) is 77.6 Å². The normalized spacial score (nSPS) is 16.2. The van der Waals surface area contributed by atoms with Gasteiger partial charge in [0.15, 0.2) is 6.10 Å². The molecule has 6 saturated carbocycles. The molecule has 0 saturated heterocycles. The van der Waals surface area contributed by atoms with Crippen molar-refractivity contribution in [3.63, 3.8) is 0 Å². The van der Waals surface area contributed by atoms with E-state index in [1.165, 1.54) is 71.6 Å². The van der Waals surface area contributed by atoms with E-state index in [9.17, 15) is 44.7 Å². The summed E-state index contributed by atoms with van der Waals surface area (Å²) in [6, 6.07) is 38.8. The molecule has 0 unspecified atom stereocenters. The molecule has 0 bridgehead atoms. The first-order valence-corrected chi connectivity index (χ1v) is 36.4. The van der Waals surface area contributed by atoms with Gasteiger partial charge in [-0.1, -0.05) is 135 Å². The number of carboxylic acid groups (broad SMARTS) is 2. The van der Waals surface area contributed by atoms with Gasteiger partial charge in [-0.15, -0.1) is 0 Å². The number of aliphatic hydroxyl groups excluding tert-OH is 1. The average molecular weight is 1610 g/mol. The van der Waals surface area contributed by atoms with E-state index in [0.29, 0.717) is 58.0 Å². The zero-order valence-electron chi connectivity index (χ0n) is 58.4. The Morgan fingerprint density at radius 1 is 0.571 bits per heavy atom. The molecule has 526 valence electrons. The molecule has 3 atom stereocenters. The van der Waals surface area contributed by atoms with Crippen molar-refractivity contribution in [2.45, 2.75) is 230 Å². The van der Waals surface area contributed by atoms with Crippen molar-refractivity contribution in [2.75, 3.05) is 0 Å². The van der Waals surface area contributed by atoms with Crippen molar-refractivity contribution in [3.05, 3.63) is 180 Å². The van der Waals surface area contributed by atoms with Crippen molar-refractivity contribution < 1.29 is 123 Å². The van der Waals surface area contributed by atoms with Gasteiger partial charge in [-0.25, -0.2) is 9.59 Å². The summed E-state index contributed by atoms with van der Waals surface area (Å²) in [5, 5.41) is 75.5. The Labute approximate surface area is 648 Å². The van der Waals surface area contributed by atoms with E-state index >= 15 is 0 Å². The summed E-state index contributed by atoms with van der Waals surface area (Å²) in [7, 11) is 0. The number of carbonyl (C=O) groups excluding carboxylic acids is 3. The number of carbonyl (C=O) groups is 4. The van der Waals surface area contributed by atoms with Gasteiger partial charge in [0.1, 0.15) is 58.1 Å². The Hall–Kier alpha value is -4.36. The number of halogens is 4. The second-order valence-electron chi connectivity index (χ2n) is 25.6. The van der Waals surface area contributed by atoms with Crippen LogP contribution in [-0.4, -0.2) is 83.3 Å². The number of phenolic OH excluding ortho intramolecular Hbond substituents is 4. The molecule has 0 aliphatic heterocycles. The number of carboxylic acids is 2. The van der Waals surface area contributed by atoms with E-state index in [1.807, 2.05) is 78.9 Å². The number of aliphatic hydroxyl groups is 2. The van der Waals surface area contributed by atoms with Crippen LogP contribution in [-0.2, 0) is 29.5 Å². The van der Waals surface area contributed by atoms with Crippen molar-refractivity contribution in [3.8, 4) is 34.5 Å². The topological polar surface area (TPSA) is 261 Å². The Balaban J connectivity index is 0.000000383. The predicted molar refractivity (Wildman–Crippen MR) is 390 cm³/mol. The van der Waals surface area contributed by atoms with Gasteiger partial charge in [0.05, 0.1) is 16.0 Å². The van der Waals surface area contributed by atoms with Gasteiger partial charge < -0.3 is 66.8 Å². The molecule has 98 heavy (non-hydrogen) atoms. The number of benzene rings is 6. The van der Waals surface area contributed by atoms with Crippen molar-refractivity contribution >= 4 is 87.4 Å². The zero-order chi connectivity index (χ0) is 71.1. The smallest absolute Gasteiger partial charge is 0.546 e. The molecule has 0 spiro atoms. The Bertz CT molecular complexity index is 3250. The number of ether oxygens (including phenoxy) is 3. The van der Waals surface area contributed by atoms with Crippen LogP contribution >= 0.6 is 63.7 Å². The molecule has 7 N–H and O–H groups in total. The van der Waals surface area contributed by atoms with E-state index in [0.717, 1.165) is 111 Å². The van der Waals surface area contributed by atoms with Crippen LogP contribution in [0.25, 0.3) is 0 Å². The molecule has 6 fully saturated rings. The third-order valence-electron chi connectivity index (χ3n) is 16.8. The minimum atomic E-state index is -1.19. The molecule has 12 rings (SSSR count). The largest absolute Gasteiger partial charge is 1.00 e. The van der Waals surface area contributed by atoms with Crippen LogP contribution < -0.4 is 63.0 Å². The number of phenols is 4. The fourth-order valence-corrected chi connectivity index (χ4v) is 11.2. The molecule has 0 heterocycles. The molecule has 0 aromatic heterocycles. The molecule has 6 aromatic carbocycles. The maximum Gasteiger partial charge on any atom is 1.00 e. The molecule has 0 amide bonds. The molecule has 0 radical (unpaired) electrons. The zero-order valence-corrected chi connectivity index (χ0v) is 66.8. The molecule has 21 heteroatoms. The summed E-state index contributed by atoms with van der Waals surface area (Å²) >= 11 is 13.4. The Morgan fingerprint density at radius 2 is 0.949 bits per heavy atom. The predicted octanol–water partition coefficient (Wildman–Crippen LogP) is 12.9. The summed E-state index contributed by atoms with van der Waals surface area (Å²) in [4.78, 5) is 42.1. The molecule has 6 aliphatic carbocycles. The van der Waals surface area contributed by atoms with Crippen LogP contribution in [0.4, 0.5) is 0 Å². The maximum atomic E-state index is 10.8. The van der Waals surface area contributed by atoms with E-state index in [-0.39, 0.29) is 59.9 Å². The minimum absolute atomic E-state index is 0. The molecular weight excluding hydrogens is 1510 g/mol. The van der Waals surface area contributed by atoms with Gasteiger partial charge in [0, 0.05) is 31.8 Å². The molecule has 6 aromatic rings. The van der Waals surface area contributed by atoms with Crippen LogP contribution in [0.15, 0.2) is 145 Å². The number of hydrogen-bond acceptors (Lipinski definition) is 14. The summed E-state index contributed by atoms with van der Waals surface area (Å²) < 4.78 is 19.5. The van der Waals surface area contributed by atoms with Gasteiger partial charge >= 0.3 is 60.4 Å². The number of Topliss-reactive ketones (excluding diaryl/α,β-unsaturated/α-hetero) is 1. The Kier molecular flexibility index (Phi) is 42.4. The second kappa shape index (κ2) is 46.3. The summed E-state index contributed by atoms with van der Waals surface area (Å²) in [6.07, 6.45) is 19.6. The van der Waals surface area contributed by atoms with Crippen molar-refractivity contribution in [1.29, 1.82) is 0 Å². The van der Waals surface area contributed by atoms with Gasteiger partial charge in [0.2, 0.25) is 0 Å². The van der Waals surface area contributed by atoms with Crippen LogP contribution in [0.2, 0.25) is 0 Å². The van der Waals surface area contributed by atoms with Crippen LogP contribution in [0.5, 0.6) is 34.5 Å². The molecular formula is C77H98Br4LiNaO15. The molecule has 15 nitrogen and oxygen atoms in total. The second-order valence-corrected chi connectivity index (χ2v) is 29.2. The Morgan fingerprint density at radius 3 is 1.27 bits per heavy atom. The van der Waals surface area contributed by atoms with E-state index < -0.39 is 47.4 Å². The van der Waals surface area contributed by atoms with Crippen LogP contribution in [0, 0.1) is 6.92 Å². The average Bonchev–Trinajstić information content (AvgIpc) is 0.803. The van der Waals surface area contributed by atoms with Gasteiger partial charge in [-0.2, -0.15) is 6.42 Å². The van der Waals surface area contributed by atoms with Crippen LogP contribution in [0.3, 0.4) is 0 Å². The summed E-state index contributed by atoms with van der Waals surface area (Å²) in [5.74, 6) is 2.76. The van der Waals surface area contributed by atoms with Crippen LogP contribution in [0.1, 0.15) is 228 Å². The summed E-state index contributed by atoms with van der Waals surface area (Å²) in [5.41, 5.74) is 3.89. The number of esters is 1. The molecule has 6 aliphatic rings. The SMILES string of the molecule is C[C@@H](O)C(=O)OC(C)(C)C.C[C@H](Oc1ccc(Br)cc1C1CCC1)C(=O)O.C[C@H](Oc1ccc(Br)cc1C1CCC1)C(=O)[O-].O=C1CCC1.Oc1ccc(Br)cc1C1CCC1.Oc1ccccc1Br.Oc1ccccc1C1(O)CCC1.Oc1ccccc1C1CCC1.[CH2-]CCC.[Li+].[Na+]. The number of rotatable bonds is 13. The minimum Gasteiger partial charge on any atom is -0.546 e. The van der Waals surface area contributed by atoms with E-state index in [4.69, 9.17) is 29.5 Å². The first kappa shape index (κ1) is 89.7. The monoisotopic (exact) mass is 1610 g/mol. The van der Waals surface area contributed by atoms with Crippen molar-refractivity contribution in [1.82, 2.24) is 0 Å². The number of aromatic hydroxyl groups is 4. The number of para-hydroxylation sites is 3. The third kappa shape index (κ3) is 31.9. The number of aliphatic carboxylic acids is 2. The van der Waals surface area contributed by atoms with Gasteiger partial charge in [0.25, 0.3) is 0 Å². The fraction of sp³-hybridized carbons (Fsp3) is 0.468.